The number of nitrogens with two attached hydrogens (primary N) is 1. The van der Waals surface area contributed by atoms with Gasteiger partial charge in [0.1, 0.15) is 10.7 Å². The fourth-order valence-corrected chi connectivity index (χ4v) is 1.66. The van der Waals surface area contributed by atoms with Crippen LogP contribution in [0.15, 0.2) is 12.4 Å². The molecule has 17 heavy (non-hydrogen) atoms. The van der Waals surface area contributed by atoms with Crippen LogP contribution in [0.1, 0.15) is 5.69 Å². The highest BCUT2D eigenvalue weighted by molar-refractivity contribution is 7.80. The Morgan fingerprint density at radius 1 is 1.47 bits per heavy atom. The van der Waals surface area contributed by atoms with Crippen LogP contribution in [0.5, 0.6) is 0 Å². The topological polar surface area (TPSA) is 82.3 Å². The molecule has 0 amide bonds. The molecule has 1 unspecified atom stereocenters. The first-order valence-corrected chi connectivity index (χ1v) is 5.72. The molecule has 1 aliphatic heterocycles. The van der Waals surface area contributed by atoms with Gasteiger partial charge in [-0.2, -0.15) is 0 Å². The monoisotopic (exact) mass is 254 g/mol. The lowest BCUT2D eigenvalue weighted by Gasteiger charge is -2.23. The molecule has 2 rings (SSSR count). The number of hydrogen-bond donors (Lipinski definition) is 2. The number of ether oxygens (including phenoxy) is 2. The highest BCUT2D eigenvalue weighted by atomic mass is 32.1. The van der Waals surface area contributed by atoms with Crippen molar-refractivity contribution in [1.29, 1.82) is 0 Å². The van der Waals surface area contributed by atoms with Crippen LogP contribution < -0.4 is 11.1 Å². The fourth-order valence-electron chi connectivity index (χ4n) is 1.51. The lowest BCUT2D eigenvalue weighted by molar-refractivity contribution is -0.0819. The molecule has 3 N–H and O–H groups in total. The van der Waals surface area contributed by atoms with E-state index in [1.807, 2.05) is 0 Å². The van der Waals surface area contributed by atoms with Crippen LogP contribution in [-0.2, 0) is 9.47 Å². The number of nitrogens with one attached hydrogen (secondary N) is 1. The van der Waals surface area contributed by atoms with E-state index in [0.29, 0.717) is 37.9 Å². The fraction of sp³-hybridized carbons (Fsp3) is 0.500. The lowest BCUT2D eigenvalue weighted by atomic mass is 10.3. The van der Waals surface area contributed by atoms with Gasteiger partial charge in [-0.05, 0) is 0 Å². The van der Waals surface area contributed by atoms with Crippen molar-refractivity contribution >= 4 is 23.0 Å². The van der Waals surface area contributed by atoms with Crippen LogP contribution in [0, 0.1) is 0 Å². The molecule has 1 atom stereocenters. The zero-order valence-electron chi connectivity index (χ0n) is 9.26. The maximum atomic E-state index is 5.56. The van der Waals surface area contributed by atoms with Gasteiger partial charge in [-0.15, -0.1) is 0 Å². The Morgan fingerprint density at radius 2 is 2.29 bits per heavy atom. The summed E-state index contributed by atoms with van der Waals surface area (Å²) >= 11 is 4.90. The van der Waals surface area contributed by atoms with Gasteiger partial charge in [0.2, 0.25) is 0 Å². The Labute approximate surface area is 105 Å². The van der Waals surface area contributed by atoms with E-state index in [1.165, 1.54) is 0 Å². The summed E-state index contributed by atoms with van der Waals surface area (Å²) in [6.07, 6.45) is 3.16. The van der Waals surface area contributed by atoms with Crippen molar-refractivity contribution in [2.45, 2.75) is 6.10 Å². The third-order valence-corrected chi connectivity index (χ3v) is 2.51. The summed E-state index contributed by atoms with van der Waals surface area (Å²) < 4.78 is 10.8. The molecule has 7 heteroatoms. The van der Waals surface area contributed by atoms with Crippen molar-refractivity contribution in [3.8, 4) is 0 Å². The SMILES string of the molecule is NC(=S)c1nccnc1NCC1COCCO1. The average molecular weight is 254 g/mol. The van der Waals surface area contributed by atoms with Crippen LogP contribution >= 0.6 is 12.2 Å². The minimum Gasteiger partial charge on any atom is -0.388 e. The van der Waals surface area contributed by atoms with Gasteiger partial charge in [0.15, 0.2) is 5.82 Å². The van der Waals surface area contributed by atoms with Crippen LogP contribution in [0.2, 0.25) is 0 Å². The summed E-state index contributed by atoms with van der Waals surface area (Å²) in [5.41, 5.74) is 6.06. The minimum atomic E-state index is 0.0185. The number of thiocarbonyl (C=S) groups is 1. The largest absolute Gasteiger partial charge is 0.388 e. The summed E-state index contributed by atoms with van der Waals surface area (Å²) in [5, 5.41) is 3.12. The van der Waals surface area contributed by atoms with E-state index in [0.717, 1.165) is 0 Å². The molecular formula is C10H14N4O2S. The van der Waals surface area contributed by atoms with E-state index in [1.54, 1.807) is 12.4 Å². The second-order valence-corrected chi connectivity index (χ2v) is 4.01. The molecule has 1 aromatic heterocycles. The predicted octanol–water partition coefficient (Wildman–Crippen LogP) is -0.0619. The number of rotatable bonds is 4. The molecule has 2 heterocycles. The van der Waals surface area contributed by atoms with E-state index in [-0.39, 0.29) is 11.1 Å². The van der Waals surface area contributed by atoms with E-state index >= 15 is 0 Å². The van der Waals surface area contributed by atoms with Crippen molar-refractivity contribution in [3.05, 3.63) is 18.1 Å². The Hall–Kier alpha value is -1.31. The van der Waals surface area contributed by atoms with Gasteiger partial charge in [0.05, 0.1) is 25.9 Å². The predicted molar refractivity (Wildman–Crippen MR) is 67.0 cm³/mol. The Kier molecular flexibility index (Phi) is 4.18. The molecule has 1 saturated heterocycles. The molecule has 1 fully saturated rings. The lowest BCUT2D eigenvalue weighted by Crippen LogP contribution is -2.34. The molecule has 0 aliphatic carbocycles. The van der Waals surface area contributed by atoms with Gasteiger partial charge in [-0.3, -0.25) is 0 Å². The number of anilines is 1. The van der Waals surface area contributed by atoms with Gasteiger partial charge in [0.25, 0.3) is 0 Å². The van der Waals surface area contributed by atoms with Gasteiger partial charge in [0, 0.05) is 18.9 Å². The Bertz CT molecular complexity index is 396. The molecule has 1 aliphatic rings. The van der Waals surface area contributed by atoms with Gasteiger partial charge in [-0.25, -0.2) is 9.97 Å². The van der Waals surface area contributed by atoms with Crippen molar-refractivity contribution in [3.63, 3.8) is 0 Å². The molecule has 6 nitrogen and oxygen atoms in total. The summed E-state index contributed by atoms with van der Waals surface area (Å²) in [4.78, 5) is 8.45. The van der Waals surface area contributed by atoms with Crippen LogP contribution in [0.3, 0.4) is 0 Å². The van der Waals surface area contributed by atoms with E-state index < -0.39 is 0 Å². The van der Waals surface area contributed by atoms with Gasteiger partial charge in [-0.1, -0.05) is 12.2 Å². The van der Waals surface area contributed by atoms with Gasteiger partial charge >= 0.3 is 0 Å². The summed E-state index contributed by atoms with van der Waals surface area (Å²) in [7, 11) is 0. The molecule has 0 radical (unpaired) electrons. The Balaban J connectivity index is 1.96. The maximum Gasteiger partial charge on any atom is 0.155 e. The van der Waals surface area contributed by atoms with E-state index in [4.69, 9.17) is 27.4 Å². The first-order valence-electron chi connectivity index (χ1n) is 5.31. The number of nitrogens with zero attached hydrogens (tertiary/aromatic N) is 2. The quantitative estimate of drug-likeness (QED) is 0.728. The molecule has 1 aromatic rings. The summed E-state index contributed by atoms with van der Waals surface area (Å²) in [6.45, 7) is 2.44. The van der Waals surface area contributed by atoms with Crippen LogP contribution in [0.4, 0.5) is 5.82 Å². The van der Waals surface area contributed by atoms with Crippen LogP contribution in [0.25, 0.3) is 0 Å². The number of aromatic nitrogens is 2. The zero-order valence-corrected chi connectivity index (χ0v) is 10.1. The summed E-state index contributed by atoms with van der Waals surface area (Å²) in [5.74, 6) is 0.578. The molecule has 0 aromatic carbocycles. The second-order valence-electron chi connectivity index (χ2n) is 3.57. The van der Waals surface area contributed by atoms with Crippen molar-refractivity contribution in [2.24, 2.45) is 5.73 Å². The van der Waals surface area contributed by atoms with E-state index in [2.05, 4.69) is 15.3 Å². The molecule has 0 spiro atoms. The highest BCUT2D eigenvalue weighted by Crippen LogP contribution is 2.09. The maximum absolute atomic E-state index is 5.56. The minimum absolute atomic E-state index is 0.0185. The third-order valence-electron chi connectivity index (χ3n) is 2.31. The summed E-state index contributed by atoms with van der Waals surface area (Å²) in [6, 6.07) is 0. The van der Waals surface area contributed by atoms with Crippen molar-refractivity contribution < 1.29 is 9.47 Å². The average Bonchev–Trinajstić information content (AvgIpc) is 2.38. The second kappa shape index (κ2) is 5.85. The van der Waals surface area contributed by atoms with Crippen molar-refractivity contribution in [2.75, 3.05) is 31.7 Å². The molecular weight excluding hydrogens is 240 g/mol. The molecule has 0 saturated carbocycles. The normalized spacial score (nSPS) is 19.9. The first-order chi connectivity index (χ1) is 8.27. The van der Waals surface area contributed by atoms with Gasteiger partial charge < -0.3 is 20.5 Å². The highest BCUT2D eigenvalue weighted by Gasteiger charge is 2.15. The third kappa shape index (κ3) is 3.32. The van der Waals surface area contributed by atoms with Crippen molar-refractivity contribution in [1.82, 2.24) is 9.97 Å². The molecule has 92 valence electrons. The Morgan fingerprint density at radius 3 is 3.00 bits per heavy atom. The first kappa shape index (κ1) is 12.2. The van der Waals surface area contributed by atoms with Crippen LogP contribution in [-0.4, -0.2) is 47.4 Å². The molecule has 0 bridgehead atoms. The van der Waals surface area contributed by atoms with E-state index in [9.17, 15) is 0 Å². The smallest absolute Gasteiger partial charge is 0.155 e. The zero-order chi connectivity index (χ0) is 12.1. The number of hydrogen-bond acceptors (Lipinski definition) is 6. The standard InChI is InChI=1S/C10H14N4O2S/c11-9(17)8-10(13-2-1-12-8)14-5-7-6-15-3-4-16-7/h1-2,7H,3-6H2,(H2,11,17)(H,13,14).